The number of nitrogens with two attached hydrogens (primary N) is 1. The topological polar surface area (TPSA) is 35.2 Å². The van der Waals surface area contributed by atoms with E-state index in [2.05, 4.69) is 12.2 Å². The van der Waals surface area contributed by atoms with Crippen LogP contribution in [0.15, 0.2) is 24.3 Å². The van der Waals surface area contributed by atoms with E-state index in [-0.39, 0.29) is 5.17 Å². The van der Waals surface area contributed by atoms with Gasteiger partial charge in [-0.25, -0.2) is 0 Å². The van der Waals surface area contributed by atoms with E-state index in [0.717, 1.165) is 5.56 Å². The third kappa shape index (κ3) is 2.55. The summed E-state index contributed by atoms with van der Waals surface area (Å²) in [7, 11) is 0. The standard InChI is InChI=1S/C8H9NOS/c1-6-3-2-4-7(5-6)10-8(9)11/h2-5H,1H3,(H2,9,11). The summed E-state index contributed by atoms with van der Waals surface area (Å²) in [6.45, 7) is 1.98. The second-order valence-electron chi connectivity index (χ2n) is 2.24. The van der Waals surface area contributed by atoms with Crippen LogP contribution in [0.3, 0.4) is 0 Å². The van der Waals surface area contributed by atoms with Crippen molar-refractivity contribution in [2.45, 2.75) is 6.92 Å². The van der Waals surface area contributed by atoms with Gasteiger partial charge in [0, 0.05) is 0 Å². The molecule has 0 fully saturated rings. The third-order valence-corrected chi connectivity index (χ3v) is 1.29. The molecule has 0 saturated heterocycles. The maximum Gasteiger partial charge on any atom is 0.259 e. The fraction of sp³-hybridized carbons (Fsp3) is 0.125. The molecule has 0 aliphatic rings. The lowest BCUT2D eigenvalue weighted by molar-refractivity contribution is 0.557. The Bertz CT molecular complexity index is 273. The zero-order valence-electron chi connectivity index (χ0n) is 6.20. The van der Waals surface area contributed by atoms with Crippen molar-refractivity contribution in [3.05, 3.63) is 29.8 Å². The minimum atomic E-state index is 0.0515. The van der Waals surface area contributed by atoms with Crippen molar-refractivity contribution in [1.82, 2.24) is 0 Å². The van der Waals surface area contributed by atoms with Gasteiger partial charge in [0.05, 0.1) is 0 Å². The molecule has 0 saturated carbocycles. The van der Waals surface area contributed by atoms with E-state index in [0.29, 0.717) is 5.75 Å². The highest BCUT2D eigenvalue weighted by atomic mass is 32.1. The molecule has 0 heterocycles. The van der Waals surface area contributed by atoms with E-state index in [1.54, 1.807) is 0 Å². The van der Waals surface area contributed by atoms with Crippen LogP contribution in [-0.4, -0.2) is 5.17 Å². The molecule has 0 spiro atoms. The van der Waals surface area contributed by atoms with E-state index < -0.39 is 0 Å². The van der Waals surface area contributed by atoms with Gasteiger partial charge < -0.3 is 10.5 Å². The number of thiocarbonyl (C=S) groups is 1. The Morgan fingerprint density at radius 1 is 1.55 bits per heavy atom. The molecule has 58 valence electrons. The van der Waals surface area contributed by atoms with Gasteiger partial charge in [0.15, 0.2) is 0 Å². The molecule has 0 aromatic heterocycles. The molecule has 0 bridgehead atoms. The first kappa shape index (κ1) is 8.01. The zero-order valence-corrected chi connectivity index (χ0v) is 7.02. The summed E-state index contributed by atoms with van der Waals surface area (Å²) in [6, 6.07) is 7.56. The Morgan fingerprint density at radius 2 is 2.27 bits per heavy atom. The lowest BCUT2D eigenvalue weighted by Gasteiger charge is -2.01. The molecule has 2 N–H and O–H groups in total. The smallest absolute Gasteiger partial charge is 0.259 e. The molecule has 1 aromatic carbocycles. The van der Waals surface area contributed by atoms with Gasteiger partial charge in [-0.2, -0.15) is 0 Å². The van der Waals surface area contributed by atoms with Crippen molar-refractivity contribution in [2.24, 2.45) is 5.73 Å². The van der Waals surface area contributed by atoms with Gasteiger partial charge >= 0.3 is 0 Å². The van der Waals surface area contributed by atoms with Gasteiger partial charge in [0.1, 0.15) is 5.75 Å². The fourth-order valence-corrected chi connectivity index (χ4v) is 0.891. The molecular weight excluding hydrogens is 158 g/mol. The van der Waals surface area contributed by atoms with Gasteiger partial charge in [-0.15, -0.1) is 0 Å². The minimum Gasteiger partial charge on any atom is -0.432 e. The van der Waals surface area contributed by atoms with Gasteiger partial charge in [0.25, 0.3) is 5.17 Å². The van der Waals surface area contributed by atoms with Crippen LogP contribution in [0.1, 0.15) is 5.56 Å². The normalized spacial score (nSPS) is 9.18. The molecule has 1 aromatic rings. The highest BCUT2D eigenvalue weighted by Gasteiger charge is 1.93. The predicted octanol–water partition coefficient (Wildman–Crippen LogP) is 1.62. The van der Waals surface area contributed by atoms with Crippen LogP contribution < -0.4 is 10.5 Å². The molecule has 11 heavy (non-hydrogen) atoms. The largest absolute Gasteiger partial charge is 0.432 e. The highest BCUT2D eigenvalue weighted by molar-refractivity contribution is 7.80. The number of hydrogen-bond acceptors (Lipinski definition) is 2. The lowest BCUT2D eigenvalue weighted by Crippen LogP contribution is -2.15. The van der Waals surface area contributed by atoms with E-state index >= 15 is 0 Å². The van der Waals surface area contributed by atoms with Crippen molar-refractivity contribution >= 4 is 17.4 Å². The van der Waals surface area contributed by atoms with E-state index in [9.17, 15) is 0 Å². The van der Waals surface area contributed by atoms with Crippen molar-refractivity contribution in [1.29, 1.82) is 0 Å². The second kappa shape index (κ2) is 3.34. The lowest BCUT2D eigenvalue weighted by atomic mass is 10.2. The summed E-state index contributed by atoms with van der Waals surface area (Å²) >= 11 is 4.58. The molecule has 2 nitrogen and oxygen atoms in total. The summed E-state index contributed by atoms with van der Waals surface area (Å²) in [6.07, 6.45) is 0. The van der Waals surface area contributed by atoms with Crippen LogP contribution in [0, 0.1) is 6.92 Å². The quantitative estimate of drug-likeness (QED) is 0.645. The number of ether oxygens (including phenoxy) is 1. The Kier molecular flexibility index (Phi) is 2.44. The summed E-state index contributed by atoms with van der Waals surface area (Å²) < 4.78 is 5.00. The Labute approximate surface area is 71.0 Å². The molecule has 0 radical (unpaired) electrons. The molecule has 0 aliphatic carbocycles. The van der Waals surface area contributed by atoms with Gasteiger partial charge in [-0.1, -0.05) is 12.1 Å². The second-order valence-corrected chi connectivity index (χ2v) is 2.64. The Morgan fingerprint density at radius 3 is 2.82 bits per heavy atom. The molecule has 0 amide bonds. The molecule has 0 atom stereocenters. The monoisotopic (exact) mass is 167 g/mol. The molecule has 0 aliphatic heterocycles. The van der Waals surface area contributed by atoms with Gasteiger partial charge in [0.2, 0.25) is 0 Å². The van der Waals surface area contributed by atoms with Crippen LogP contribution >= 0.6 is 12.2 Å². The van der Waals surface area contributed by atoms with Crippen LogP contribution in [0.4, 0.5) is 0 Å². The van der Waals surface area contributed by atoms with Crippen LogP contribution in [0.25, 0.3) is 0 Å². The Balaban J connectivity index is 2.79. The fourth-order valence-electron chi connectivity index (χ4n) is 0.795. The maximum atomic E-state index is 5.18. The number of benzene rings is 1. The van der Waals surface area contributed by atoms with Crippen LogP contribution in [-0.2, 0) is 0 Å². The van der Waals surface area contributed by atoms with Gasteiger partial charge in [-0.3, -0.25) is 0 Å². The number of hydrogen-bond donors (Lipinski definition) is 1. The van der Waals surface area contributed by atoms with Crippen molar-refractivity contribution < 1.29 is 4.74 Å². The number of aryl methyl sites for hydroxylation is 1. The SMILES string of the molecule is Cc1cccc(OC(N)=S)c1. The van der Waals surface area contributed by atoms with Crippen molar-refractivity contribution in [3.8, 4) is 5.75 Å². The molecule has 3 heteroatoms. The van der Waals surface area contributed by atoms with Gasteiger partial charge in [-0.05, 0) is 36.8 Å². The number of rotatable bonds is 1. The molecular formula is C8H9NOS. The summed E-state index contributed by atoms with van der Waals surface area (Å²) in [5.74, 6) is 0.692. The predicted molar refractivity (Wildman–Crippen MR) is 48.6 cm³/mol. The van der Waals surface area contributed by atoms with Crippen LogP contribution in [0.5, 0.6) is 5.75 Å². The first-order valence-corrected chi connectivity index (χ1v) is 3.63. The Hall–Kier alpha value is -1.09. The maximum absolute atomic E-state index is 5.18. The molecule has 0 unspecified atom stereocenters. The highest BCUT2D eigenvalue weighted by Crippen LogP contribution is 2.11. The molecule has 1 rings (SSSR count). The van der Waals surface area contributed by atoms with E-state index in [1.165, 1.54) is 0 Å². The summed E-state index contributed by atoms with van der Waals surface area (Å²) in [4.78, 5) is 0. The van der Waals surface area contributed by atoms with Crippen LogP contribution in [0.2, 0.25) is 0 Å². The third-order valence-electron chi connectivity index (χ3n) is 1.21. The average Bonchev–Trinajstić information content (AvgIpc) is 1.85. The van der Waals surface area contributed by atoms with E-state index in [1.807, 2.05) is 31.2 Å². The summed E-state index contributed by atoms with van der Waals surface area (Å²) in [5, 5.41) is 0.0515. The minimum absolute atomic E-state index is 0.0515. The first-order valence-electron chi connectivity index (χ1n) is 3.22. The first-order chi connectivity index (χ1) is 5.18. The van der Waals surface area contributed by atoms with Crippen molar-refractivity contribution in [3.63, 3.8) is 0 Å². The zero-order chi connectivity index (χ0) is 8.27. The summed E-state index contributed by atoms with van der Waals surface area (Å²) in [5.41, 5.74) is 6.31. The van der Waals surface area contributed by atoms with E-state index in [4.69, 9.17) is 10.5 Å². The average molecular weight is 167 g/mol. The van der Waals surface area contributed by atoms with Crippen molar-refractivity contribution in [2.75, 3.05) is 0 Å².